The van der Waals surface area contributed by atoms with Gasteiger partial charge in [-0.25, -0.2) is 9.78 Å². The van der Waals surface area contributed by atoms with Crippen LogP contribution in [0.15, 0.2) is 85.7 Å². The van der Waals surface area contributed by atoms with Gasteiger partial charge in [0.1, 0.15) is 5.82 Å². The van der Waals surface area contributed by atoms with Crippen LogP contribution in [0.5, 0.6) is 0 Å². The number of anilines is 1. The molecule has 0 bridgehead atoms. The zero-order valence-electron chi connectivity index (χ0n) is 16.9. The fraction of sp³-hybridized carbons (Fsp3) is 0.125. The first kappa shape index (κ1) is 20.2. The number of amides is 1. The normalized spacial score (nSPS) is 11.8. The van der Waals surface area contributed by atoms with Gasteiger partial charge in [0.05, 0.1) is 5.69 Å². The molecule has 0 fully saturated rings. The van der Waals surface area contributed by atoms with Crippen LogP contribution in [-0.2, 0) is 0 Å². The number of hydrogen-bond donors (Lipinski definition) is 2. The standard InChI is InChI=1S/C24H21N5O2/c1-16-8-9-20(28-23(16)29-24(30)31)22(19-7-4-12-27-15-19)21(17-5-2-10-25-13-17)18-6-3-11-26-14-18/h2-15,21-22H,1H3,(H,28,29)(H,30,31). The minimum atomic E-state index is -1.15. The quantitative estimate of drug-likeness (QED) is 0.480. The van der Waals surface area contributed by atoms with Crippen molar-refractivity contribution in [3.8, 4) is 0 Å². The average Bonchev–Trinajstić information content (AvgIpc) is 2.80. The molecule has 0 aliphatic rings. The molecule has 4 aromatic rings. The highest BCUT2D eigenvalue weighted by Gasteiger charge is 2.30. The molecular formula is C24H21N5O2. The van der Waals surface area contributed by atoms with Gasteiger partial charge in [-0.05, 0) is 53.4 Å². The monoisotopic (exact) mass is 411 g/mol. The minimum absolute atomic E-state index is 0.153. The van der Waals surface area contributed by atoms with Crippen LogP contribution >= 0.6 is 0 Å². The molecule has 2 N–H and O–H groups in total. The molecule has 0 aliphatic heterocycles. The average molecular weight is 411 g/mol. The summed E-state index contributed by atoms with van der Waals surface area (Å²) in [6.07, 6.45) is 9.54. The van der Waals surface area contributed by atoms with E-state index in [9.17, 15) is 9.90 Å². The highest BCUT2D eigenvalue weighted by atomic mass is 16.4. The smallest absolute Gasteiger partial charge is 0.410 e. The van der Waals surface area contributed by atoms with Gasteiger partial charge in [-0.1, -0.05) is 24.3 Å². The molecule has 0 spiro atoms. The molecular weight excluding hydrogens is 390 g/mol. The Labute approximate surface area is 179 Å². The van der Waals surface area contributed by atoms with E-state index >= 15 is 0 Å². The van der Waals surface area contributed by atoms with E-state index in [1.54, 1.807) is 18.6 Å². The van der Waals surface area contributed by atoms with Crippen molar-refractivity contribution in [1.82, 2.24) is 19.9 Å². The molecule has 0 radical (unpaired) electrons. The number of rotatable bonds is 6. The van der Waals surface area contributed by atoms with Crippen molar-refractivity contribution in [3.05, 3.63) is 114 Å². The minimum Gasteiger partial charge on any atom is -0.465 e. The summed E-state index contributed by atoms with van der Waals surface area (Å²) in [6, 6.07) is 15.6. The number of nitrogens with one attached hydrogen (secondary N) is 1. The molecule has 7 nitrogen and oxygen atoms in total. The van der Waals surface area contributed by atoms with Crippen molar-refractivity contribution in [2.24, 2.45) is 0 Å². The van der Waals surface area contributed by atoms with Crippen LogP contribution in [0.2, 0.25) is 0 Å². The highest BCUT2D eigenvalue weighted by molar-refractivity contribution is 5.82. The first-order valence-corrected chi connectivity index (χ1v) is 9.80. The Morgan fingerprint density at radius 3 is 1.77 bits per heavy atom. The molecule has 4 aromatic heterocycles. The second-order valence-corrected chi connectivity index (χ2v) is 7.15. The summed E-state index contributed by atoms with van der Waals surface area (Å²) in [4.78, 5) is 28.9. The molecule has 7 heteroatoms. The van der Waals surface area contributed by atoms with E-state index in [0.29, 0.717) is 5.82 Å². The Balaban J connectivity index is 1.93. The summed E-state index contributed by atoms with van der Waals surface area (Å²) in [5.74, 6) is -0.0773. The van der Waals surface area contributed by atoms with Gasteiger partial charge in [0.25, 0.3) is 0 Å². The van der Waals surface area contributed by atoms with Crippen LogP contribution in [0, 0.1) is 6.92 Å². The van der Waals surface area contributed by atoms with Crippen molar-refractivity contribution in [2.75, 3.05) is 5.32 Å². The molecule has 31 heavy (non-hydrogen) atoms. The van der Waals surface area contributed by atoms with E-state index in [-0.39, 0.29) is 11.8 Å². The molecule has 4 rings (SSSR count). The zero-order valence-corrected chi connectivity index (χ0v) is 16.9. The van der Waals surface area contributed by atoms with Gasteiger partial charge >= 0.3 is 6.09 Å². The molecule has 154 valence electrons. The molecule has 1 unspecified atom stereocenters. The van der Waals surface area contributed by atoms with E-state index in [0.717, 1.165) is 27.9 Å². The summed E-state index contributed by atoms with van der Waals surface area (Å²) in [5.41, 5.74) is 4.42. The maximum atomic E-state index is 11.3. The maximum Gasteiger partial charge on any atom is 0.410 e. The summed E-state index contributed by atoms with van der Waals surface area (Å²) in [5, 5.41) is 11.6. The van der Waals surface area contributed by atoms with Crippen LogP contribution < -0.4 is 5.32 Å². The molecule has 0 saturated carbocycles. The van der Waals surface area contributed by atoms with E-state index < -0.39 is 6.09 Å². The fourth-order valence-corrected chi connectivity index (χ4v) is 3.74. The van der Waals surface area contributed by atoms with Crippen molar-refractivity contribution in [3.63, 3.8) is 0 Å². The van der Waals surface area contributed by atoms with Crippen LogP contribution in [0.3, 0.4) is 0 Å². The van der Waals surface area contributed by atoms with E-state index in [4.69, 9.17) is 4.98 Å². The number of nitrogens with zero attached hydrogens (tertiary/aromatic N) is 4. The number of pyridine rings is 4. The van der Waals surface area contributed by atoms with Crippen molar-refractivity contribution >= 4 is 11.9 Å². The molecule has 0 aliphatic carbocycles. The number of carbonyl (C=O) groups is 1. The highest BCUT2D eigenvalue weighted by Crippen LogP contribution is 2.42. The van der Waals surface area contributed by atoms with Gasteiger partial charge in [-0.2, -0.15) is 0 Å². The summed E-state index contributed by atoms with van der Waals surface area (Å²) < 4.78 is 0. The summed E-state index contributed by atoms with van der Waals surface area (Å²) in [7, 11) is 0. The number of hydrogen-bond acceptors (Lipinski definition) is 5. The van der Waals surface area contributed by atoms with Crippen LogP contribution in [0.25, 0.3) is 0 Å². The van der Waals surface area contributed by atoms with E-state index in [1.165, 1.54) is 0 Å². The number of aromatic nitrogens is 4. The second kappa shape index (κ2) is 9.13. The lowest BCUT2D eigenvalue weighted by atomic mass is 9.76. The van der Waals surface area contributed by atoms with E-state index in [1.807, 2.05) is 74.0 Å². The lowest BCUT2D eigenvalue weighted by Gasteiger charge is -2.28. The van der Waals surface area contributed by atoms with Crippen LogP contribution in [0.4, 0.5) is 10.6 Å². The van der Waals surface area contributed by atoms with Crippen molar-refractivity contribution in [2.45, 2.75) is 18.8 Å². The van der Waals surface area contributed by atoms with Gasteiger partial charge in [-0.3, -0.25) is 20.3 Å². The van der Waals surface area contributed by atoms with Gasteiger partial charge in [0.15, 0.2) is 0 Å². The topological polar surface area (TPSA) is 101 Å². The van der Waals surface area contributed by atoms with E-state index in [2.05, 4.69) is 20.3 Å². The molecule has 4 heterocycles. The second-order valence-electron chi connectivity index (χ2n) is 7.15. The van der Waals surface area contributed by atoms with Crippen molar-refractivity contribution in [1.29, 1.82) is 0 Å². The van der Waals surface area contributed by atoms with Gasteiger partial charge in [0.2, 0.25) is 0 Å². The van der Waals surface area contributed by atoms with Crippen LogP contribution in [-0.4, -0.2) is 31.1 Å². The third kappa shape index (κ3) is 4.56. The molecule has 0 aromatic carbocycles. The van der Waals surface area contributed by atoms with Crippen LogP contribution in [0.1, 0.15) is 39.8 Å². The zero-order chi connectivity index (χ0) is 21.6. The predicted molar refractivity (Wildman–Crippen MR) is 117 cm³/mol. The summed E-state index contributed by atoms with van der Waals surface area (Å²) >= 11 is 0. The number of aryl methyl sites for hydroxylation is 1. The first-order valence-electron chi connectivity index (χ1n) is 9.80. The summed E-state index contributed by atoms with van der Waals surface area (Å²) in [6.45, 7) is 1.82. The first-order chi connectivity index (χ1) is 15.1. The van der Waals surface area contributed by atoms with Gasteiger partial charge < -0.3 is 5.11 Å². The Morgan fingerprint density at radius 1 is 0.806 bits per heavy atom. The number of carboxylic acid groups (broad SMARTS) is 1. The Bertz CT molecular complexity index is 1110. The largest absolute Gasteiger partial charge is 0.465 e. The lowest BCUT2D eigenvalue weighted by molar-refractivity contribution is 0.209. The third-order valence-corrected chi connectivity index (χ3v) is 5.13. The third-order valence-electron chi connectivity index (χ3n) is 5.13. The van der Waals surface area contributed by atoms with Gasteiger partial charge in [-0.15, -0.1) is 0 Å². The fourth-order valence-electron chi connectivity index (χ4n) is 3.74. The Morgan fingerprint density at radius 2 is 1.32 bits per heavy atom. The van der Waals surface area contributed by atoms with Crippen molar-refractivity contribution < 1.29 is 9.90 Å². The SMILES string of the molecule is Cc1ccc(C(c2cccnc2)C(c2cccnc2)c2cccnc2)nc1NC(=O)O. The predicted octanol–water partition coefficient (Wildman–Crippen LogP) is 4.63. The lowest BCUT2D eigenvalue weighted by Crippen LogP contribution is -2.18. The Hall–Kier alpha value is -4.13. The molecule has 1 amide bonds. The Kier molecular flexibility index (Phi) is 5.93. The maximum absolute atomic E-state index is 11.3. The molecule has 0 saturated heterocycles. The molecule has 1 atom stereocenters. The van der Waals surface area contributed by atoms with Gasteiger partial charge in [0, 0.05) is 49.0 Å².